The van der Waals surface area contributed by atoms with E-state index in [0.717, 1.165) is 0 Å². The van der Waals surface area contributed by atoms with Gasteiger partial charge in [0.05, 0.1) is 0 Å². The van der Waals surface area contributed by atoms with Gasteiger partial charge in [-0.25, -0.2) is 9.78 Å². The summed E-state index contributed by atoms with van der Waals surface area (Å²) in [5.74, 6) is -0.890. The fraction of sp³-hybridized carbons (Fsp3) is 0.647. The third-order valence-corrected chi connectivity index (χ3v) is 4.48. The van der Waals surface area contributed by atoms with Crippen LogP contribution in [0.3, 0.4) is 0 Å². The largest absolute Gasteiger partial charge is 0.493 e. The SMILES string of the molecule is CC1CN(C(=O)OC(C)(C)C)CCN1[C@H](C)c1cnc(F)c(B(O)O)c1. The van der Waals surface area contributed by atoms with Crippen LogP contribution in [0.4, 0.5) is 9.18 Å². The lowest BCUT2D eigenvalue weighted by Gasteiger charge is -2.43. The first-order chi connectivity index (χ1) is 12.0. The molecule has 1 saturated heterocycles. The summed E-state index contributed by atoms with van der Waals surface area (Å²) in [4.78, 5) is 19.7. The van der Waals surface area contributed by atoms with Crippen molar-refractivity contribution >= 4 is 18.7 Å². The number of halogens is 1. The van der Waals surface area contributed by atoms with Crippen molar-refractivity contribution in [2.24, 2.45) is 0 Å². The van der Waals surface area contributed by atoms with Gasteiger partial charge in [0.2, 0.25) is 5.95 Å². The van der Waals surface area contributed by atoms with E-state index in [1.807, 2.05) is 34.6 Å². The van der Waals surface area contributed by atoms with Crippen LogP contribution < -0.4 is 5.46 Å². The summed E-state index contributed by atoms with van der Waals surface area (Å²) < 4.78 is 19.0. The van der Waals surface area contributed by atoms with Gasteiger partial charge in [0.1, 0.15) is 5.60 Å². The van der Waals surface area contributed by atoms with Crippen LogP contribution >= 0.6 is 0 Å². The molecule has 1 aliphatic rings. The molecule has 1 aliphatic heterocycles. The minimum atomic E-state index is -1.91. The molecule has 0 aliphatic carbocycles. The van der Waals surface area contributed by atoms with Gasteiger partial charge in [-0.2, -0.15) is 4.39 Å². The zero-order valence-corrected chi connectivity index (χ0v) is 15.9. The van der Waals surface area contributed by atoms with E-state index in [9.17, 15) is 19.2 Å². The van der Waals surface area contributed by atoms with E-state index in [4.69, 9.17) is 4.74 Å². The van der Waals surface area contributed by atoms with Crippen LogP contribution in [0, 0.1) is 5.95 Å². The number of carbonyl (C=O) groups excluding carboxylic acids is 1. The molecule has 1 amide bonds. The Balaban J connectivity index is 2.07. The Morgan fingerprint density at radius 2 is 2.08 bits per heavy atom. The highest BCUT2D eigenvalue weighted by Gasteiger charge is 2.33. The maximum Gasteiger partial charge on any atom is 0.493 e. The van der Waals surface area contributed by atoms with Crippen LogP contribution in [-0.4, -0.2) is 69.3 Å². The van der Waals surface area contributed by atoms with Gasteiger partial charge < -0.3 is 19.7 Å². The number of pyridine rings is 1. The summed E-state index contributed by atoms with van der Waals surface area (Å²) in [6.45, 7) is 11.1. The van der Waals surface area contributed by atoms with E-state index in [-0.39, 0.29) is 23.6 Å². The van der Waals surface area contributed by atoms with Crippen molar-refractivity contribution in [1.82, 2.24) is 14.8 Å². The number of ether oxygens (including phenoxy) is 1. The molecular formula is C17H27BFN3O4. The van der Waals surface area contributed by atoms with E-state index in [0.29, 0.717) is 25.2 Å². The molecule has 0 radical (unpaired) electrons. The zero-order chi connectivity index (χ0) is 19.6. The van der Waals surface area contributed by atoms with Crippen LogP contribution in [-0.2, 0) is 4.74 Å². The Kier molecular flexibility index (Phi) is 6.26. The van der Waals surface area contributed by atoms with Gasteiger partial charge in [-0.1, -0.05) is 6.07 Å². The lowest BCUT2D eigenvalue weighted by Crippen LogP contribution is -2.55. The van der Waals surface area contributed by atoms with Crippen molar-refractivity contribution in [1.29, 1.82) is 0 Å². The Hall–Kier alpha value is -1.71. The minimum absolute atomic E-state index is 0.0545. The average Bonchev–Trinajstić information content (AvgIpc) is 2.52. The summed E-state index contributed by atoms with van der Waals surface area (Å²) in [6, 6.07) is 1.36. The molecular weight excluding hydrogens is 340 g/mol. The van der Waals surface area contributed by atoms with Crippen molar-refractivity contribution in [3.8, 4) is 0 Å². The van der Waals surface area contributed by atoms with E-state index in [1.165, 1.54) is 12.3 Å². The summed E-state index contributed by atoms with van der Waals surface area (Å²) in [5.41, 5.74) is -0.0899. The predicted molar refractivity (Wildman–Crippen MR) is 96.4 cm³/mol. The number of amides is 1. The van der Waals surface area contributed by atoms with Crippen molar-refractivity contribution < 1.29 is 24.0 Å². The molecule has 1 unspecified atom stereocenters. The fourth-order valence-corrected chi connectivity index (χ4v) is 3.12. The van der Waals surface area contributed by atoms with Crippen molar-refractivity contribution in [2.75, 3.05) is 19.6 Å². The van der Waals surface area contributed by atoms with Gasteiger partial charge in [-0.15, -0.1) is 0 Å². The Bertz CT molecular complexity index is 653. The molecule has 2 atom stereocenters. The van der Waals surface area contributed by atoms with E-state index < -0.39 is 18.7 Å². The summed E-state index contributed by atoms with van der Waals surface area (Å²) in [7, 11) is -1.91. The number of rotatable bonds is 3. The molecule has 9 heteroatoms. The number of aromatic nitrogens is 1. The fourth-order valence-electron chi connectivity index (χ4n) is 3.12. The number of carbonyl (C=O) groups is 1. The highest BCUT2D eigenvalue weighted by atomic mass is 19.1. The van der Waals surface area contributed by atoms with Crippen LogP contribution in [0.5, 0.6) is 0 Å². The first-order valence-corrected chi connectivity index (χ1v) is 8.74. The van der Waals surface area contributed by atoms with Crippen LogP contribution in [0.1, 0.15) is 46.2 Å². The molecule has 0 aromatic carbocycles. The minimum Gasteiger partial charge on any atom is -0.444 e. The van der Waals surface area contributed by atoms with E-state index in [2.05, 4.69) is 9.88 Å². The molecule has 2 heterocycles. The molecule has 26 heavy (non-hydrogen) atoms. The molecule has 1 fully saturated rings. The Morgan fingerprint density at radius 3 is 2.62 bits per heavy atom. The molecule has 2 rings (SSSR count). The van der Waals surface area contributed by atoms with Gasteiger partial charge in [0.15, 0.2) is 0 Å². The topological polar surface area (TPSA) is 86.1 Å². The zero-order valence-electron chi connectivity index (χ0n) is 15.9. The summed E-state index contributed by atoms with van der Waals surface area (Å²) in [6.07, 6.45) is 1.07. The average molecular weight is 367 g/mol. The summed E-state index contributed by atoms with van der Waals surface area (Å²) >= 11 is 0. The highest BCUT2D eigenvalue weighted by Crippen LogP contribution is 2.25. The van der Waals surface area contributed by atoms with E-state index in [1.54, 1.807) is 4.90 Å². The standard InChI is InChI=1S/C17H27BFN3O4/c1-11-10-21(16(23)26-17(3,4)5)6-7-22(11)12(2)13-8-14(18(24)25)15(19)20-9-13/h8-9,11-12,24-25H,6-7,10H2,1-5H3/t11?,12-/m1/s1. The smallest absolute Gasteiger partial charge is 0.444 e. The lowest BCUT2D eigenvalue weighted by atomic mass is 9.80. The third-order valence-electron chi connectivity index (χ3n) is 4.48. The number of hydrogen-bond acceptors (Lipinski definition) is 6. The molecule has 2 N–H and O–H groups in total. The normalized spacial score (nSPS) is 20.0. The number of piperazine rings is 1. The highest BCUT2D eigenvalue weighted by molar-refractivity contribution is 6.58. The number of nitrogens with zero attached hydrogens (tertiary/aromatic N) is 3. The van der Waals surface area contributed by atoms with Gasteiger partial charge in [0.25, 0.3) is 0 Å². The Morgan fingerprint density at radius 1 is 1.42 bits per heavy atom. The van der Waals surface area contributed by atoms with Crippen molar-refractivity contribution in [3.63, 3.8) is 0 Å². The first kappa shape index (κ1) is 20.6. The maximum atomic E-state index is 13.6. The molecule has 1 aromatic rings. The van der Waals surface area contributed by atoms with Crippen molar-refractivity contribution in [2.45, 2.75) is 52.3 Å². The molecule has 0 spiro atoms. The van der Waals surface area contributed by atoms with Crippen LogP contribution in [0.15, 0.2) is 12.3 Å². The lowest BCUT2D eigenvalue weighted by molar-refractivity contribution is -0.000749. The van der Waals surface area contributed by atoms with Gasteiger partial charge in [0, 0.05) is 43.4 Å². The third kappa shape index (κ3) is 4.93. The molecule has 1 aromatic heterocycles. The second-order valence-electron chi connectivity index (χ2n) is 7.71. The van der Waals surface area contributed by atoms with E-state index >= 15 is 0 Å². The number of hydrogen-bond donors (Lipinski definition) is 2. The molecule has 144 valence electrons. The monoisotopic (exact) mass is 367 g/mol. The molecule has 7 nitrogen and oxygen atoms in total. The van der Waals surface area contributed by atoms with Gasteiger partial charge in [-0.3, -0.25) is 4.90 Å². The van der Waals surface area contributed by atoms with Gasteiger partial charge in [-0.05, 0) is 40.2 Å². The second kappa shape index (κ2) is 7.90. The Labute approximate surface area is 153 Å². The molecule has 0 bridgehead atoms. The van der Waals surface area contributed by atoms with Crippen LogP contribution in [0.25, 0.3) is 0 Å². The summed E-state index contributed by atoms with van der Waals surface area (Å²) in [5, 5.41) is 18.5. The van der Waals surface area contributed by atoms with Gasteiger partial charge >= 0.3 is 13.2 Å². The predicted octanol–water partition coefficient (Wildman–Crippen LogP) is 0.903. The second-order valence-corrected chi connectivity index (χ2v) is 7.71. The van der Waals surface area contributed by atoms with Crippen LogP contribution in [0.2, 0.25) is 0 Å². The quantitative estimate of drug-likeness (QED) is 0.610. The van der Waals surface area contributed by atoms with Crippen molar-refractivity contribution in [3.05, 3.63) is 23.8 Å². The first-order valence-electron chi connectivity index (χ1n) is 8.74. The molecule has 0 saturated carbocycles. The maximum absolute atomic E-state index is 13.6.